The molecule has 1 aliphatic heterocycles. The molecule has 31 heavy (non-hydrogen) atoms. The lowest BCUT2D eigenvalue weighted by Crippen LogP contribution is -2.48. The Balaban J connectivity index is 1.54. The third-order valence-electron chi connectivity index (χ3n) is 5.78. The number of rotatable bonds is 6. The van der Waals surface area contributed by atoms with Gasteiger partial charge < -0.3 is 9.47 Å². The van der Waals surface area contributed by atoms with E-state index in [9.17, 15) is 13.2 Å². The number of sulfone groups is 1. The van der Waals surface area contributed by atoms with Crippen LogP contribution in [0.4, 0.5) is 0 Å². The molecule has 162 valence electrons. The largest absolute Gasteiger partial charge is 0.462 e. The molecule has 0 atom stereocenters. The predicted molar refractivity (Wildman–Crippen MR) is 123 cm³/mol. The molecule has 1 heterocycles. The van der Waals surface area contributed by atoms with Crippen LogP contribution in [0.1, 0.15) is 25.7 Å². The standard InChI is InChI=1S/C24H24O5S2/c25-23(30)24(14-16-28-17-15-24)31(26,27)22-12-8-19(9-13-22)18-6-10-21(11-7-18)29-20-4-2-1-3-5-20/h1-2,4,6-13H,3,5,14-17H2,(H,25,30). The Morgan fingerprint density at radius 1 is 0.968 bits per heavy atom. The van der Waals surface area contributed by atoms with E-state index in [-0.39, 0.29) is 31.0 Å². The third-order valence-corrected chi connectivity index (χ3v) is 8.88. The lowest BCUT2D eigenvalue weighted by molar-refractivity contribution is -0.115. The molecule has 0 unspecified atom stereocenters. The van der Waals surface area contributed by atoms with Crippen LogP contribution in [-0.4, -0.2) is 31.5 Å². The summed E-state index contributed by atoms with van der Waals surface area (Å²) in [5.41, 5.74) is 1.82. The highest BCUT2D eigenvalue weighted by atomic mass is 32.2. The smallest absolute Gasteiger partial charge is 0.207 e. The maximum absolute atomic E-state index is 13.3. The van der Waals surface area contributed by atoms with E-state index in [0.717, 1.165) is 35.5 Å². The first-order chi connectivity index (χ1) is 14.9. The monoisotopic (exact) mass is 456 g/mol. The zero-order valence-electron chi connectivity index (χ0n) is 17.0. The van der Waals surface area contributed by atoms with Gasteiger partial charge in [0.25, 0.3) is 0 Å². The van der Waals surface area contributed by atoms with Crippen molar-refractivity contribution in [2.45, 2.75) is 35.3 Å². The summed E-state index contributed by atoms with van der Waals surface area (Å²) in [4.78, 5) is 12.3. The van der Waals surface area contributed by atoms with Gasteiger partial charge in [-0.1, -0.05) is 36.4 Å². The summed E-state index contributed by atoms with van der Waals surface area (Å²) in [6.07, 6.45) is 8.17. The van der Waals surface area contributed by atoms with Crippen molar-refractivity contribution >= 4 is 27.6 Å². The van der Waals surface area contributed by atoms with E-state index < -0.39 is 19.7 Å². The van der Waals surface area contributed by atoms with Crippen LogP contribution in [0.15, 0.2) is 77.4 Å². The van der Waals surface area contributed by atoms with Gasteiger partial charge in [-0.25, -0.2) is 8.42 Å². The lowest BCUT2D eigenvalue weighted by Gasteiger charge is -2.33. The van der Waals surface area contributed by atoms with Gasteiger partial charge in [0.1, 0.15) is 16.3 Å². The molecule has 2 aliphatic rings. The van der Waals surface area contributed by atoms with Gasteiger partial charge in [0.05, 0.1) is 4.90 Å². The molecule has 1 saturated heterocycles. The average molecular weight is 457 g/mol. The molecule has 0 radical (unpaired) electrons. The topological polar surface area (TPSA) is 69.7 Å². The molecule has 0 bridgehead atoms. The number of allylic oxidation sites excluding steroid dienone is 4. The maximum Gasteiger partial charge on any atom is 0.207 e. The molecule has 5 nitrogen and oxygen atoms in total. The van der Waals surface area contributed by atoms with Crippen molar-refractivity contribution in [3.8, 4) is 16.9 Å². The SMILES string of the molecule is O=C(S)C1(S(=O)(=O)c2ccc(-c3ccc(OC4=CC=CCC4)cc3)cc2)CCOCC1. The second-order valence-corrected chi connectivity index (χ2v) is 10.3. The summed E-state index contributed by atoms with van der Waals surface area (Å²) in [5, 5.41) is -0.626. The Kier molecular flexibility index (Phi) is 6.36. The highest BCUT2D eigenvalue weighted by Gasteiger charge is 2.50. The summed E-state index contributed by atoms with van der Waals surface area (Å²) in [7, 11) is -3.88. The van der Waals surface area contributed by atoms with Crippen LogP contribution in [0.25, 0.3) is 11.1 Å². The van der Waals surface area contributed by atoms with Crippen LogP contribution in [0.5, 0.6) is 5.75 Å². The number of ether oxygens (including phenoxy) is 2. The van der Waals surface area contributed by atoms with Crippen LogP contribution >= 0.6 is 12.6 Å². The van der Waals surface area contributed by atoms with Gasteiger partial charge in [-0.2, -0.15) is 0 Å². The van der Waals surface area contributed by atoms with Crippen LogP contribution in [0, 0.1) is 0 Å². The molecule has 0 N–H and O–H groups in total. The number of hydrogen-bond donors (Lipinski definition) is 1. The highest BCUT2D eigenvalue weighted by Crippen LogP contribution is 2.37. The van der Waals surface area contributed by atoms with Gasteiger partial charge in [-0.15, -0.1) is 12.6 Å². The molecule has 4 rings (SSSR count). The summed E-state index contributed by atoms with van der Waals surface area (Å²) in [5.74, 6) is 1.70. The Morgan fingerprint density at radius 2 is 1.58 bits per heavy atom. The van der Waals surface area contributed by atoms with Gasteiger partial charge >= 0.3 is 0 Å². The molecular weight excluding hydrogens is 432 g/mol. The Morgan fingerprint density at radius 3 is 2.13 bits per heavy atom. The molecular formula is C24H24O5S2. The summed E-state index contributed by atoms with van der Waals surface area (Å²) in [6.45, 7) is 0.455. The number of benzene rings is 2. The van der Waals surface area contributed by atoms with Crippen LogP contribution in [0.2, 0.25) is 0 Å². The van der Waals surface area contributed by atoms with Crippen molar-refractivity contribution in [2.75, 3.05) is 13.2 Å². The van der Waals surface area contributed by atoms with Crippen LogP contribution in [-0.2, 0) is 19.4 Å². The van der Waals surface area contributed by atoms with Crippen molar-refractivity contribution in [3.05, 3.63) is 72.5 Å². The fourth-order valence-electron chi connectivity index (χ4n) is 3.88. The van der Waals surface area contributed by atoms with E-state index in [1.807, 2.05) is 36.4 Å². The van der Waals surface area contributed by atoms with Crippen molar-refractivity contribution in [3.63, 3.8) is 0 Å². The minimum atomic E-state index is -3.88. The Labute approximate surface area is 188 Å². The van der Waals surface area contributed by atoms with Gasteiger partial charge in [0.2, 0.25) is 5.12 Å². The summed E-state index contributed by atoms with van der Waals surface area (Å²) < 4.78 is 36.2. The second-order valence-electron chi connectivity index (χ2n) is 7.67. The molecule has 0 spiro atoms. The van der Waals surface area contributed by atoms with Crippen molar-refractivity contribution in [2.24, 2.45) is 0 Å². The summed E-state index contributed by atoms with van der Waals surface area (Å²) in [6, 6.07) is 14.3. The quantitative estimate of drug-likeness (QED) is 0.636. The first-order valence-corrected chi connectivity index (χ1v) is 12.2. The Hall–Kier alpha value is -2.35. The maximum atomic E-state index is 13.3. The predicted octanol–water partition coefficient (Wildman–Crippen LogP) is 4.75. The van der Waals surface area contributed by atoms with E-state index >= 15 is 0 Å². The highest BCUT2D eigenvalue weighted by molar-refractivity contribution is 8.02. The minimum absolute atomic E-state index is 0.118. The molecule has 7 heteroatoms. The molecule has 1 aliphatic carbocycles. The molecule has 0 aromatic heterocycles. The summed E-state index contributed by atoms with van der Waals surface area (Å²) >= 11 is 3.91. The Bertz CT molecular complexity index is 1110. The fraction of sp³-hybridized carbons (Fsp3) is 0.292. The first kappa shape index (κ1) is 21.9. The van der Waals surface area contributed by atoms with E-state index in [4.69, 9.17) is 9.47 Å². The van der Waals surface area contributed by atoms with E-state index in [1.165, 1.54) is 0 Å². The molecule has 2 aromatic carbocycles. The second kappa shape index (κ2) is 9.02. The van der Waals surface area contributed by atoms with Gasteiger partial charge in [0.15, 0.2) is 9.84 Å². The number of carbonyl (C=O) groups excluding carboxylic acids is 1. The van der Waals surface area contributed by atoms with Gasteiger partial charge in [-0.05, 0) is 60.7 Å². The lowest BCUT2D eigenvalue weighted by atomic mass is 10.0. The van der Waals surface area contributed by atoms with Crippen molar-refractivity contribution < 1.29 is 22.7 Å². The van der Waals surface area contributed by atoms with Crippen LogP contribution < -0.4 is 4.74 Å². The molecule has 0 amide bonds. The van der Waals surface area contributed by atoms with Crippen molar-refractivity contribution in [1.82, 2.24) is 0 Å². The van der Waals surface area contributed by atoms with Gasteiger partial charge in [-0.3, -0.25) is 4.79 Å². The zero-order valence-corrected chi connectivity index (χ0v) is 18.7. The molecule has 1 fully saturated rings. The number of carbonyl (C=O) groups is 1. The van der Waals surface area contributed by atoms with Crippen molar-refractivity contribution in [1.29, 1.82) is 0 Å². The fourth-order valence-corrected chi connectivity index (χ4v) is 6.35. The van der Waals surface area contributed by atoms with E-state index in [1.54, 1.807) is 24.3 Å². The minimum Gasteiger partial charge on any atom is -0.462 e. The normalized spacial score (nSPS) is 18.3. The first-order valence-electron chi connectivity index (χ1n) is 10.2. The van der Waals surface area contributed by atoms with Gasteiger partial charge in [0, 0.05) is 19.6 Å². The number of hydrogen-bond acceptors (Lipinski definition) is 5. The zero-order chi connectivity index (χ0) is 21.9. The number of thiol groups is 1. The molecule has 2 aromatic rings. The van der Waals surface area contributed by atoms with E-state index in [2.05, 4.69) is 18.7 Å². The molecule has 0 saturated carbocycles. The average Bonchev–Trinajstić information content (AvgIpc) is 2.80. The third kappa shape index (κ3) is 4.35. The van der Waals surface area contributed by atoms with E-state index in [0.29, 0.717) is 0 Å². The van der Waals surface area contributed by atoms with Crippen LogP contribution in [0.3, 0.4) is 0 Å².